The van der Waals surface area contributed by atoms with E-state index in [-0.39, 0.29) is 11.1 Å². The molecule has 0 saturated heterocycles. The maximum absolute atomic E-state index is 11.3. The first-order valence-electron chi connectivity index (χ1n) is 10.6. The maximum Gasteiger partial charge on any atom is 0.335 e. The summed E-state index contributed by atoms with van der Waals surface area (Å²) in [7, 11) is 0. The Morgan fingerprint density at radius 2 is 1.20 bits per heavy atom. The molecule has 4 bridgehead atoms. The number of rotatable bonds is 3. The first kappa shape index (κ1) is 18.9. The van der Waals surface area contributed by atoms with Gasteiger partial charge in [-0.2, -0.15) is 0 Å². The fourth-order valence-electron chi connectivity index (χ4n) is 6.46. The molecule has 2 N–H and O–H groups in total. The van der Waals surface area contributed by atoms with Gasteiger partial charge >= 0.3 is 11.9 Å². The molecule has 4 saturated carbocycles. The molecule has 6 rings (SSSR count). The second-order valence-electron chi connectivity index (χ2n) is 9.43. The minimum atomic E-state index is -1.17. The van der Waals surface area contributed by atoms with Gasteiger partial charge in [0, 0.05) is 11.1 Å². The summed E-state index contributed by atoms with van der Waals surface area (Å²) in [6.07, 6.45) is 8.25. The molecule has 4 nitrogen and oxygen atoms in total. The molecular weight excluding hydrogens is 376 g/mol. The van der Waals surface area contributed by atoms with Crippen LogP contribution >= 0.6 is 0 Å². The van der Waals surface area contributed by atoms with Crippen LogP contribution in [-0.2, 0) is 5.41 Å². The number of carboxylic acids is 2. The predicted molar refractivity (Wildman–Crippen MR) is 113 cm³/mol. The van der Waals surface area contributed by atoms with Gasteiger partial charge in [-0.3, -0.25) is 0 Å². The van der Waals surface area contributed by atoms with Crippen LogP contribution < -0.4 is 0 Å². The van der Waals surface area contributed by atoms with E-state index in [9.17, 15) is 19.8 Å². The summed E-state index contributed by atoms with van der Waals surface area (Å²) in [5, 5.41) is 18.4. The standard InChI is InChI=1S/C26H24O4/c27-24(28)21-10-17(11-22(12-21)25(29)30)2-1-16-3-5-23(6-4-16)26-13-18-7-19(14-26)9-20(8-18)15-26/h3-6,10-12,18-20H,7-9,13-15H2,(H,27,28)(H,29,30). The lowest BCUT2D eigenvalue weighted by Gasteiger charge is -2.57. The van der Waals surface area contributed by atoms with Crippen molar-refractivity contribution in [2.75, 3.05) is 0 Å². The van der Waals surface area contributed by atoms with Crippen molar-refractivity contribution < 1.29 is 19.8 Å². The smallest absolute Gasteiger partial charge is 0.335 e. The third-order valence-electron chi connectivity index (χ3n) is 7.31. The van der Waals surface area contributed by atoms with Crippen LogP contribution in [0, 0.1) is 29.6 Å². The van der Waals surface area contributed by atoms with Gasteiger partial charge in [-0.1, -0.05) is 24.0 Å². The maximum atomic E-state index is 11.3. The molecule has 0 aromatic heterocycles. The number of aromatic carboxylic acids is 2. The largest absolute Gasteiger partial charge is 0.478 e. The van der Waals surface area contributed by atoms with E-state index < -0.39 is 11.9 Å². The molecule has 4 aliphatic rings. The first-order chi connectivity index (χ1) is 14.4. The zero-order valence-electron chi connectivity index (χ0n) is 16.7. The SMILES string of the molecule is O=C(O)c1cc(C#Cc2ccc(C34CC5CC(CC(C5)C3)C4)cc2)cc(C(=O)O)c1. The molecule has 152 valence electrons. The molecule has 0 aliphatic heterocycles. The summed E-state index contributed by atoms with van der Waals surface area (Å²) >= 11 is 0. The molecular formula is C26H24O4. The molecule has 4 fully saturated rings. The summed E-state index contributed by atoms with van der Waals surface area (Å²) in [5.74, 6) is 6.37. The van der Waals surface area contributed by atoms with Crippen LogP contribution in [0.5, 0.6) is 0 Å². The Morgan fingerprint density at radius 1 is 0.733 bits per heavy atom. The number of carboxylic acid groups (broad SMARTS) is 2. The van der Waals surface area contributed by atoms with Crippen molar-refractivity contribution >= 4 is 11.9 Å². The van der Waals surface area contributed by atoms with Gasteiger partial charge < -0.3 is 10.2 Å². The number of carbonyl (C=O) groups is 2. The van der Waals surface area contributed by atoms with Crippen LogP contribution in [0.1, 0.15) is 75.9 Å². The third kappa shape index (κ3) is 3.39. The average molecular weight is 400 g/mol. The Morgan fingerprint density at radius 3 is 1.67 bits per heavy atom. The van der Waals surface area contributed by atoms with Gasteiger partial charge in [-0.25, -0.2) is 9.59 Å². The molecule has 0 heterocycles. The van der Waals surface area contributed by atoms with Gasteiger partial charge in [0.1, 0.15) is 0 Å². The lowest BCUT2D eigenvalue weighted by molar-refractivity contribution is -0.00519. The van der Waals surface area contributed by atoms with Gasteiger partial charge in [-0.15, -0.1) is 0 Å². The van der Waals surface area contributed by atoms with E-state index in [2.05, 4.69) is 24.0 Å². The van der Waals surface area contributed by atoms with Crippen molar-refractivity contribution in [2.24, 2.45) is 17.8 Å². The van der Waals surface area contributed by atoms with Crippen LogP contribution in [0.3, 0.4) is 0 Å². The average Bonchev–Trinajstić information content (AvgIpc) is 2.71. The molecule has 4 aliphatic carbocycles. The highest BCUT2D eigenvalue weighted by Gasteiger charge is 2.51. The fraction of sp³-hybridized carbons (Fsp3) is 0.385. The zero-order chi connectivity index (χ0) is 20.9. The molecule has 2 aromatic rings. The van der Waals surface area contributed by atoms with Crippen molar-refractivity contribution in [3.05, 3.63) is 70.3 Å². The Kier molecular flexibility index (Phi) is 4.43. The van der Waals surface area contributed by atoms with Gasteiger partial charge in [0.2, 0.25) is 0 Å². The fourth-order valence-corrected chi connectivity index (χ4v) is 6.46. The Labute approximate surface area is 175 Å². The quantitative estimate of drug-likeness (QED) is 0.715. The van der Waals surface area contributed by atoms with E-state index in [1.54, 1.807) is 0 Å². The van der Waals surface area contributed by atoms with E-state index in [0.717, 1.165) is 29.4 Å². The summed E-state index contributed by atoms with van der Waals surface area (Å²) in [5.41, 5.74) is 2.88. The summed E-state index contributed by atoms with van der Waals surface area (Å²) in [6, 6.07) is 12.5. The van der Waals surface area contributed by atoms with Crippen molar-refractivity contribution in [2.45, 2.75) is 43.9 Å². The van der Waals surface area contributed by atoms with Gasteiger partial charge in [0.05, 0.1) is 11.1 Å². The van der Waals surface area contributed by atoms with Crippen LogP contribution in [-0.4, -0.2) is 22.2 Å². The minimum Gasteiger partial charge on any atom is -0.478 e. The molecule has 0 unspecified atom stereocenters. The molecule has 2 aromatic carbocycles. The third-order valence-corrected chi connectivity index (χ3v) is 7.31. The number of hydrogen-bond donors (Lipinski definition) is 2. The molecule has 30 heavy (non-hydrogen) atoms. The second-order valence-corrected chi connectivity index (χ2v) is 9.43. The molecule has 0 amide bonds. The molecule has 0 atom stereocenters. The molecule has 0 radical (unpaired) electrons. The van der Waals surface area contributed by atoms with Crippen LogP contribution in [0.2, 0.25) is 0 Å². The van der Waals surface area contributed by atoms with E-state index in [1.807, 2.05) is 12.1 Å². The Hall–Kier alpha value is -3.06. The van der Waals surface area contributed by atoms with Crippen LogP contribution in [0.4, 0.5) is 0 Å². The zero-order valence-corrected chi connectivity index (χ0v) is 16.7. The van der Waals surface area contributed by atoms with Crippen molar-refractivity contribution in [3.63, 3.8) is 0 Å². The van der Waals surface area contributed by atoms with E-state index in [0.29, 0.717) is 11.0 Å². The van der Waals surface area contributed by atoms with Crippen molar-refractivity contribution in [1.82, 2.24) is 0 Å². The molecule has 4 heteroatoms. The lowest BCUT2D eigenvalue weighted by atomic mass is 9.48. The van der Waals surface area contributed by atoms with Gasteiger partial charge in [0.25, 0.3) is 0 Å². The first-order valence-corrected chi connectivity index (χ1v) is 10.6. The second kappa shape index (κ2) is 7.02. The highest BCUT2D eigenvalue weighted by molar-refractivity contribution is 5.94. The van der Waals surface area contributed by atoms with Crippen LogP contribution in [0.25, 0.3) is 0 Å². The van der Waals surface area contributed by atoms with E-state index >= 15 is 0 Å². The van der Waals surface area contributed by atoms with E-state index in [1.165, 1.54) is 56.2 Å². The summed E-state index contributed by atoms with van der Waals surface area (Å²) in [6.45, 7) is 0. The van der Waals surface area contributed by atoms with Crippen molar-refractivity contribution in [1.29, 1.82) is 0 Å². The summed E-state index contributed by atoms with van der Waals surface area (Å²) < 4.78 is 0. The number of hydrogen-bond acceptors (Lipinski definition) is 2. The topological polar surface area (TPSA) is 74.6 Å². The van der Waals surface area contributed by atoms with Crippen molar-refractivity contribution in [3.8, 4) is 11.8 Å². The highest BCUT2D eigenvalue weighted by Crippen LogP contribution is 2.60. The van der Waals surface area contributed by atoms with Crippen LogP contribution in [0.15, 0.2) is 42.5 Å². The highest BCUT2D eigenvalue weighted by atomic mass is 16.4. The lowest BCUT2D eigenvalue weighted by Crippen LogP contribution is -2.48. The monoisotopic (exact) mass is 400 g/mol. The van der Waals surface area contributed by atoms with Gasteiger partial charge in [-0.05, 0) is 97.6 Å². The normalized spacial score (nSPS) is 28.6. The predicted octanol–water partition coefficient (Wildman–Crippen LogP) is 4.95. The Balaban J connectivity index is 1.40. The van der Waals surface area contributed by atoms with E-state index in [4.69, 9.17) is 0 Å². The molecule has 0 spiro atoms. The van der Waals surface area contributed by atoms with Gasteiger partial charge in [0.15, 0.2) is 0 Å². The summed E-state index contributed by atoms with van der Waals surface area (Å²) in [4.78, 5) is 22.5. The minimum absolute atomic E-state index is 0.0728. The number of benzene rings is 2. The Bertz CT molecular complexity index is 1020.